The van der Waals surface area contributed by atoms with E-state index in [-0.39, 0.29) is 0 Å². The van der Waals surface area contributed by atoms with Crippen molar-refractivity contribution in [2.75, 3.05) is 0 Å². The molecule has 0 bridgehead atoms. The maximum absolute atomic E-state index is 6.29. The van der Waals surface area contributed by atoms with Crippen molar-refractivity contribution in [3.8, 4) is 5.75 Å². The van der Waals surface area contributed by atoms with Gasteiger partial charge in [0, 0.05) is 12.6 Å². The van der Waals surface area contributed by atoms with Crippen LogP contribution in [-0.4, -0.2) is 12.1 Å². The van der Waals surface area contributed by atoms with Gasteiger partial charge < -0.3 is 10.1 Å². The van der Waals surface area contributed by atoms with E-state index in [2.05, 4.69) is 36.5 Å². The van der Waals surface area contributed by atoms with Gasteiger partial charge >= 0.3 is 0 Å². The molecule has 2 fully saturated rings. The molecule has 2 unspecified atom stereocenters. The fourth-order valence-electron chi connectivity index (χ4n) is 3.25. The third-order valence-corrected chi connectivity index (χ3v) is 4.72. The summed E-state index contributed by atoms with van der Waals surface area (Å²) in [6.07, 6.45) is 9.63. The molecule has 3 rings (SSSR count). The third kappa shape index (κ3) is 3.76. The minimum Gasteiger partial charge on any atom is -0.490 e. The van der Waals surface area contributed by atoms with Gasteiger partial charge in [0.2, 0.25) is 0 Å². The summed E-state index contributed by atoms with van der Waals surface area (Å²) in [4.78, 5) is 0. The highest BCUT2D eigenvalue weighted by Crippen LogP contribution is 2.30. The van der Waals surface area contributed by atoms with Crippen LogP contribution in [0.15, 0.2) is 24.3 Å². The molecule has 0 radical (unpaired) electrons. The molecule has 2 aliphatic carbocycles. The molecular formula is C18H27NO. The average molecular weight is 273 g/mol. The molecule has 0 saturated heterocycles. The van der Waals surface area contributed by atoms with Gasteiger partial charge in [-0.05, 0) is 62.1 Å². The molecule has 1 aromatic rings. The smallest absolute Gasteiger partial charge is 0.120 e. The van der Waals surface area contributed by atoms with Gasteiger partial charge in [-0.3, -0.25) is 0 Å². The quantitative estimate of drug-likeness (QED) is 0.835. The second-order valence-electron chi connectivity index (χ2n) is 6.41. The first-order valence-corrected chi connectivity index (χ1v) is 8.34. The Morgan fingerprint density at radius 3 is 2.80 bits per heavy atom. The maximum Gasteiger partial charge on any atom is 0.120 e. The molecule has 0 spiro atoms. The first-order chi connectivity index (χ1) is 9.85. The molecule has 1 N–H and O–H groups in total. The summed E-state index contributed by atoms with van der Waals surface area (Å²) >= 11 is 0. The Balaban J connectivity index is 1.59. The normalized spacial score (nSPS) is 26.4. The standard InChI is InChI=1S/C18H27NO/c1-2-15-7-3-4-9-18(15)20-17-8-5-6-14(12-17)13-19-16-10-11-16/h5-6,8,12,15-16,18-19H,2-4,7,9-11,13H2,1H3. The Morgan fingerprint density at radius 1 is 1.15 bits per heavy atom. The predicted molar refractivity (Wildman–Crippen MR) is 83.0 cm³/mol. The van der Waals surface area contributed by atoms with Crippen molar-refractivity contribution in [2.24, 2.45) is 5.92 Å². The van der Waals surface area contributed by atoms with E-state index in [9.17, 15) is 0 Å². The SMILES string of the molecule is CCC1CCCCC1Oc1cccc(CNC2CC2)c1. The number of benzene rings is 1. The molecule has 0 aromatic heterocycles. The van der Waals surface area contributed by atoms with Crippen molar-refractivity contribution in [3.63, 3.8) is 0 Å². The third-order valence-electron chi connectivity index (χ3n) is 4.72. The van der Waals surface area contributed by atoms with E-state index in [1.165, 1.54) is 50.5 Å². The van der Waals surface area contributed by atoms with Crippen molar-refractivity contribution in [1.29, 1.82) is 0 Å². The number of ether oxygens (including phenoxy) is 1. The highest BCUT2D eigenvalue weighted by molar-refractivity contribution is 5.28. The van der Waals surface area contributed by atoms with E-state index < -0.39 is 0 Å². The number of hydrogen-bond donors (Lipinski definition) is 1. The van der Waals surface area contributed by atoms with Crippen molar-refractivity contribution in [3.05, 3.63) is 29.8 Å². The van der Waals surface area contributed by atoms with Crippen molar-refractivity contribution in [1.82, 2.24) is 5.32 Å². The van der Waals surface area contributed by atoms with E-state index in [4.69, 9.17) is 4.74 Å². The first kappa shape index (κ1) is 13.9. The highest BCUT2D eigenvalue weighted by atomic mass is 16.5. The molecule has 0 amide bonds. The number of rotatable bonds is 6. The molecule has 2 saturated carbocycles. The second kappa shape index (κ2) is 6.62. The van der Waals surface area contributed by atoms with Gasteiger partial charge in [0.05, 0.1) is 0 Å². The summed E-state index contributed by atoms with van der Waals surface area (Å²) < 4.78 is 6.29. The summed E-state index contributed by atoms with van der Waals surface area (Å²) in [7, 11) is 0. The van der Waals surface area contributed by atoms with Crippen LogP contribution >= 0.6 is 0 Å². The van der Waals surface area contributed by atoms with Crippen LogP contribution in [0.1, 0.15) is 57.4 Å². The fourth-order valence-corrected chi connectivity index (χ4v) is 3.25. The van der Waals surface area contributed by atoms with Gasteiger partial charge in [0.1, 0.15) is 11.9 Å². The summed E-state index contributed by atoms with van der Waals surface area (Å²) in [5, 5.41) is 3.57. The maximum atomic E-state index is 6.29. The molecule has 1 aromatic carbocycles. The van der Waals surface area contributed by atoms with Gasteiger partial charge in [-0.15, -0.1) is 0 Å². The Labute approximate surface area is 122 Å². The summed E-state index contributed by atoms with van der Waals surface area (Å²) in [5.74, 6) is 1.81. The zero-order valence-electron chi connectivity index (χ0n) is 12.6. The molecule has 0 heterocycles. The van der Waals surface area contributed by atoms with Crippen molar-refractivity contribution >= 4 is 0 Å². The van der Waals surface area contributed by atoms with E-state index >= 15 is 0 Å². The summed E-state index contributed by atoms with van der Waals surface area (Å²) in [5.41, 5.74) is 1.35. The molecule has 2 atom stereocenters. The van der Waals surface area contributed by atoms with Crippen LogP contribution in [0.5, 0.6) is 5.75 Å². The summed E-state index contributed by atoms with van der Waals surface area (Å²) in [6.45, 7) is 3.27. The highest BCUT2D eigenvalue weighted by Gasteiger charge is 2.25. The predicted octanol–water partition coefficient (Wildman–Crippen LogP) is 4.29. The van der Waals surface area contributed by atoms with Gasteiger partial charge in [0.15, 0.2) is 0 Å². The van der Waals surface area contributed by atoms with Crippen molar-refractivity contribution in [2.45, 2.75) is 70.6 Å². The van der Waals surface area contributed by atoms with Crippen LogP contribution in [0, 0.1) is 5.92 Å². The molecule has 20 heavy (non-hydrogen) atoms. The zero-order chi connectivity index (χ0) is 13.8. The average Bonchev–Trinajstić information content (AvgIpc) is 3.30. The van der Waals surface area contributed by atoms with Gasteiger partial charge in [-0.2, -0.15) is 0 Å². The zero-order valence-corrected chi connectivity index (χ0v) is 12.6. The van der Waals surface area contributed by atoms with E-state index in [1.54, 1.807) is 0 Å². The van der Waals surface area contributed by atoms with Crippen molar-refractivity contribution < 1.29 is 4.74 Å². The molecule has 2 nitrogen and oxygen atoms in total. The largest absolute Gasteiger partial charge is 0.490 e. The van der Waals surface area contributed by atoms with Crippen LogP contribution in [0.2, 0.25) is 0 Å². The minimum absolute atomic E-state index is 0.431. The fraction of sp³-hybridized carbons (Fsp3) is 0.667. The second-order valence-corrected chi connectivity index (χ2v) is 6.41. The van der Waals surface area contributed by atoms with Crippen LogP contribution in [0.25, 0.3) is 0 Å². The lowest BCUT2D eigenvalue weighted by Gasteiger charge is -2.31. The molecule has 2 aliphatic rings. The number of nitrogens with one attached hydrogen (secondary N) is 1. The topological polar surface area (TPSA) is 21.3 Å². The lowest BCUT2D eigenvalue weighted by atomic mass is 9.85. The summed E-state index contributed by atoms with van der Waals surface area (Å²) in [6, 6.07) is 9.42. The molecule has 2 heteroatoms. The van der Waals surface area contributed by atoms with E-state index in [0.29, 0.717) is 6.10 Å². The Kier molecular flexibility index (Phi) is 4.62. The Bertz CT molecular complexity index is 427. The molecule has 110 valence electrons. The Morgan fingerprint density at radius 2 is 2.00 bits per heavy atom. The van der Waals surface area contributed by atoms with Crippen LogP contribution in [0.4, 0.5) is 0 Å². The van der Waals surface area contributed by atoms with Gasteiger partial charge in [-0.1, -0.05) is 25.5 Å². The Hall–Kier alpha value is -1.02. The lowest BCUT2D eigenvalue weighted by molar-refractivity contribution is 0.0903. The van der Waals surface area contributed by atoms with E-state index in [0.717, 1.165) is 24.3 Å². The monoisotopic (exact) mass is 273 g/mol. The first-order valence-electron chi connectivity index (χ1n) is 8.34. The lowest BCUT2D eigenvalue weighted by Crippen LogP contribution is -2.29. The molecular weight excluding hydrogens is 246 g/mol. The van der Waals surface area contributed by atoms with Gasteiger partial charge in [-0.25, -0.2) is 0 Å². The minimum atomic E-state index is 0.431. The molecule has 0 aliphatic heterocycles. The number of hydrogen-bond acceptors (Lipinski definition) is 2. The van der Waals surface area contributed by atoms with E-state index in [1.807, 2.05) is 0 Å². The van der Waals surface area contributed by atoms with Gasteiger partial charge in [0.25, 0.3) is 0 Å². The van der Waals surface area contributed by atoms with Crippen LogP contribution in [-0.2, 0) is 6.54 Å². The van der Waals surface area contributed by atoms with Crippen LogP contribution in [0.3, 0.4) is 0 Å². The van der Waals surface area contributed by atoms with Crippen LogP contribution < -0.4 is 10.1 Å².